The van der Waals surface area contributed by atoms with Crippen molar-refractivity contribution in [2.45, 2.75) is 30.8 Å². The van der Waals surface area contributed by atoms with Crippen molar-refractivity contribution in [3.8, 4) is 0 Å². The van der Waals surface area contributed by atoms with Crippen molar-refractivity contribution in [3.05, 3.63) is 12.4 Å². The number of aliphatic hydroxyl groups is 3. The summed E-state index contributed by atoms with van der Waals surface area (Å²) in [7, 11) is 0. The van der Waals surface area contributed by atoms with Gasteiger partial charge in [-0.25, -0.2) is 4.98 Å². The third-order valence-corrected chi connectivity index (χ3v) is 3.40. The Labute approximate surface area is 106 Å². The number of rotatable bonds is 1. The molecule has 8 nitrogen and oxygen atoms in total. The molecule has 0 spiro atoms. The summed E-state index contributed by atoms with van der Waals surface area (Å²) >= 11 is 0. The van der Waals surface area contributed by atoms with Crippen molar-refractivity contribution < 1.29 is 19.7 Å². The first-order chi connectivity index (χ1) is 8.99. The molecule has 0 bridgehead atoms. The molecule has 1 fully saturated rings. The van der Waals surface area contributed by atoms with E-state index in [9.17, 15) is 19.7 Å². The summed E-state index contributed by atoms with van der Waals surface area (Å²) in [4.78, 5) is 10.9. The van der Waals surface area contributed by atoms with Crippen molar-refractivity contribution in [1.29, 1.82) is 0 Å². The number of imidazole rings is 1. The van der Waals surface area contributed by atoms with Gasteiger partial charge in [0.05, 0.1) is 18.5 Å². The van der Waals surface area contributed by atoms with Crippen molar-refractivity contribution >= 4 is 17.0 Å². The van der Waals surface area contributed by atoms with Gasteiger partial charge in [-0.2, -0.15) is 14.4 Å². The Balaban J connectivity index is 2.11. The number of fused-ring (bicyclic) bond motifs is 1. The van der Waals surface area contributed by atoms with Gasteiger partial charge in [-0.1, -0.05) is 0 Å². The van der Waals surface area contributed by atoms with E-state index in [0.717, 1.165) is 0 Å². The molecule has 102 valence electrons. The Hall–Kier alpha value is -1.84. The summed E-state index contributed by atoms with van der Waals surface area (Å²) in [5, 5.41) is 29.0. The molecule has 0 saturated heterocycles. The molecule has 0 unspecified atom stereocenters. The smallest absolute Gasteiger partial charge is 0.312 e. The maximum Gasteiger partial charge on any atom is 0.312 e. The Bertz CT molecular complexity index is 633. The number of nitrogen functional groups attached to an aromatic ring is 1. The second kappa shape index (κ2) is 4.08. The van der Waals surface area contributed by atoms with Gasteiger partial charge in [0, 0.05) is 0 Å². The van der Waals surface area contributed by atoms with Crippen LogP contribution >= 0.6 is 0 Å². The first kappa shape index (κ1) is 12.2. The second-order valence-corrected chi connectivity index (χ2v) is 4.55. The standard InChI is InChI=1S/C10H12FN5O3/c11-10-14-8(12)5-9(15-10)16(2-13-5)3-1-4(17)7(19)6(3)18/h2-4,6-7,17-19H,1H2,(H2,12,14,15)/t3-,4+,6+,7-/m0/s1. The maximum atomic E-state index is 13.2. The number of hydrogen-bond donors (Lipinski definition) is 4. The van der Waals surface area contributed by atoms with E-state index < -0.39 is 30.4 Å². The van der Waals surface area contributed by atoms with E-state index >= 15 is 0 Å². The average Bonchev–Trinajstić information content (AvgIpc) is 2.86. The Kier molecular flexibility index (Phi) is 2.62. The molecule has 9 heteroatoms. The number of hydrogen-bond acceptors (Lipinski definition) is 7. The maximum absolute atomic E-state index is 13.2. The van der Waals surface area contributed by atoms with Crippen LogP contribution in [0.15, 0.2) is 6.33 Å². The molecule has 0 aliphatic heterocycles. The molecule has 3 rings (SSSR count). The fourth-order valence-electron chi connectivity index (χ4n) is 2.41. The zero-order valence-corrected chi connectivity index (χ0v) is 9.68. The number of anilines is 1. The first-order valence-electron chi connectivity index (χ1n) is 5.68. The van der Waals surface area contributed by atoms with Crippen LogP contribution < -0.4 is 5.73 Å². The summed E-state index contributed by atoms with van der Waals surface area (Å²) < 4.78 is 14.6. The summed E-state index contributed by atoms with van der Waals surface area (Å²) in [6.45, 7) is 0. The van der Waals surface area contributed by atoms with E-state index in [0.29, 0.717) is 0 Å². The molecule has 4 atom stereocenters. The minimum atomic E-state index is -1.26. The number of aliphatic hydroxyl groups excluding tert-OH is 3. The van der Waals surface area contributed by atoms with Gasteiger partial charge in [-0.15, -0.1) is 0 Å². The van der Waals surface area contributed by atoms with E-state index in [2.05, 4.69) is 15.0 Å². The van der Waals surface area contributed by atoms with Crippen molar-refractivity contribution in [1.82, 2.24) is 19.5 Å². The van der Waals surface area contributed by atoms with Gasteiger partial charge in [-0.3, -0.25) is 0 Å². The number of halogens is 1. The molecule has 0 aromatic carbocycles. The van der Waals surface area contributed by atoms with Gasteiger partial charge in [-0.05, 0) is 6.42 Å². The molecule has 5 N–H and O–H groups in total. The summed E-state index contributed by atoms with van der Waals surface area (Å²) in [6, 6.07) is -0.649. The van der Waals surface area contributed by atoms with Gasteiger partial charge in [0.2, 0.25) is 0 Å². The zero-order chi connectivity index (χ0) is 13.7. The predicted molar refractivity (Wildman–Crippen MR) is 61.4 cm³/mol. The highest BCUT2D eigenvalue weighted by Crippen LogP contribution is 2.33. The quantitative estimate of drug-likeness (QED) is 0.467. The lowest BCUT2D eigenvalue weighted by Crippen LogP contribution is -2.31. The van der Waals surface area contributed by atoms with Crippen LogP contribution in [0.4, 0.5) is 10.2 Å². The largest absolute Gasteiger partial charge is 0.390 e. The highest BCUT2D eigenvalue weighted by molar-refractivity contribution is 5.81. The fourth-order valence-corrected chi connectivity index (χ4v) is 2.41. The molecular formula is C10H12FN5O3. The number of nitrogens with zero attached hydrogens (tertiary/aromatic N) is 4. The van der Waals surface area contributed by atoms with Crippen LogP contribution in [-0.2, 0) is 0 Å². The summed E-state index contributed by atoms with van der Waals surface area (Å²) in [6.07, 6.45) is -3.06. The topological polar surface area (TPSA) is 130 Å². The molecule has 0 amide bonds. The summed E-state index contributed by atoms with van der Waals surface area (Å²) in [5.41, 5.74) is 5.86. The van der Waals surface area contributed by atoms with Crippen LogP contribution in [0.5, 0.6) is 0 Å². The van der Waals surface area contributed by atoms with E-state index in [4.69, 9.17) is 5.73 Å². The van der Waals surface area contributed by atoms with Crippen molar-refractivity contribution in [3.63, 3.8) is 0 Å². The molecule has 19 heavy (non-hydrogen) atoms. The van der Waals surface area contributed by atoms with Gasteiger partial charge in [0.25, 0.3) is 0 Å². The molecule has 0 radical (unpaired) electrons. The predicted octanol–water partition coefficient (Wildman–Crippen LogP) is -1.42. The van der Waals surface area contributed by atoms with Crippen LogP contribution in [0.1, 0.15) is 12.5 Å². The highest BCUT2D eigenvalue weighted by Gasteiger charge is 2.42. The van der Waals surface area contributed by atoms with Crippen LogP contribution in [0.25, 0.3) is 11.2 Å². The molecule has 1 saturated carbocycles. The highest BCUT2D eigenvalue weighted by atomic mass is 19.1. The molecule has 1 aliphatic carbocycles. The normalized spacial score (nSPS) is 31.2. The number of nitrogens with two attached hydrogens (primary N) is 1. The third kappa shape index (κ3) is 1.74. The lowest BCUT2D eigenvalue weighted by Gasteiger charge is -2.17. The Morgan fingerprint density at radius 1 is 1.26 bits per heavy atom. The Morgan fingerprint density at radius 2 is 2.00 bits per heavy atom. The lowest BCUT2D eigenvalue weighted by atomic mass is 10.2. The van der Waals surface area contributed by atoms with Gasteiger partial charge in [0.15, 0.2) is 11.5 Å². The van der Waals surface area contributed by atoms with Gasteiger partial charge < -0.3 is 25.6 Å². The molecule has 2 heterocycles. The molecule has 2 aromatic heterocycles. The minimum absolute atomic E-state index is 0.102. The SMILES string of the molecule is Nc1nc(F)nc2c1ncn2[C@H]1C[C@@H](O)[C@H](O)[C@@H]1O. The van der Waals surface area contributed by atoms with Gasteiger partial charge in [0.1, 0.15) is 17.7 Å². The van der Waals surface area contributed by atoms with Crippen molar-refractivity contribution in [2.75, 3.05) is 5.73 Å². The van der Waals surface area contributed by atoms with Crippen LogP contribution in [0.3, 0.4) is 0 Å². The first-order valence-corrected chi connectivity index (χ1v) is 5.68. The van der Waals surface area contributed by atoms with Crippen LogP contribution in [-0.4, -0.2) is 53.2 Å². The average molecular weight is 269 g/mol. The third-order valence-electron chi connectivity index (χ3n) is 3.40. The summed E-state index contributed by atoms with van der Waals surface area (Å²) in [5.74, 6) is -0.102. The zero-order valence-electron chi connectivity index (χ0n) is 9.68. The van der Waals surface area contributed by atoms with Crippen molar-refractivity contribution in [2.24, 2.45) is 0 Å². The van der Waals surface area contributed by atoms with Crippen LogP contribution in [0, 0.1) is 6.08 Å². The number of aromatic nitrogens is 4. The molecule has 1 aliphatic rings. The van der Waals surface area contributed by atoms with Crippen LogP contribution in [0.2, 0.25) is 0 Å². The minimum Gasteiger partial charge on any atom is -0.390 e. The van der Waals surface area contributed by atoms with E-state index in [1.165, 1.54) is 10.9 Å². The molecule has 2 aromatic rings. The van der Waals surface area contributed by atoms with Gasteiger partial charge >= 0.3 is 6.08 Å². The lowest BCUT2D eigenvalue weighted by molar-refractivity contribution is -0.0244. The van der Waals surface area contributed by atoms with E-state index in [1.54, 1.807) is 0 Å². The monoisotopic (exact) mass is 269 g/mol. The van der Waals surface area contributed by atoms with E-state index in [1.807, 2.05) is 0 Å². The fraction of sp³-hybridized carbons (Fsp3) is 0.500. The second-order valence-electron chi connectivity index (χ2n) is 4.55. The Morgan fingerprint density at radius 3 is 2.63 bits per heavy atom. The molecular weight excluding hydrogens is 257 g/mol. The van der Waals surface area contributed by atoms with E-state index in [-0.39, 0.29) is 23.4 Å².